The Morgan fingerprint density at radius 2 is 1.81 bits per heavy atom. The molecule has 0 spiro atoms. The third-order valence-corrected chi connectivity index (χ3v) is 2.60. The lowest BCUT2D eigenvalue weighted by Crippen LogP contribution is -2.25. The molecular weight excluding hydrogens is 200 g/mol. The van der Waals surface area contributed by atoms with Gasteiger partial charge in [0, 0.05) is 0 Å². The largest absolute Gasteiger partial charge is 0.508 e. The molecule has 2 N–H and O–H groups in total. The van der Waals surface area contributed by atoms with Crippen molar-refractivity contribution in [1.82, 2.24) is 0 Å². The van der Waals surface area contributed by atoms with Crippen LogP contribution in [0.3, 0.4) is 0 Å². The number of phenolic OH excluding ortho intramolecular Hbond substituents is 1. The molecule has 0 radical (unpaired) electrons. The second-order valence-corrected chi connectivity index (χ2v) is 4.09. The van der Waals surface area contributed by atoms with Crippen molar-refractivity contribution in [2.45, 2.75) is 25.9 Å². The number of benzene rings is 1. The van der Waals surface area contributed by atoms with Gasteiger partial charge in [-0.2, -0.15) is 0 Å². The smallest absolute Gasteiger partial charge is 0.115 e. The van der Waals surface area contributed by atoms with Crippen molar-refractivity contribution in [3.8, 4) is 5.75 Å². The topological polar surface area (TPSA) is 40.5 Å². The lowest BCUT2D eigenvalue weighted by atomic mass is 9.90. The summed E-state index contributed by atoms with van der Waals surface area (Å²) in [4.78, 5) is 0. The standard InChI is InChI=1S/C8H12O.C6H6O/c1-7-5-3-4-6-8(7,2)9;7-6-4-2-1-3-5-6/h3-5,9H,6H2,1-2H3;1-5,7H. The third kappa shape index (κ3) is 3.91. The second kappa shape index (κ2) is 5.52. The minimum Gasteiger partial charge on any atom is -0.508 e. The molecule has 0 aromatic heterocycles. The monoisotopic (exact) mass is 218 g/mol. The highest BCUT2D eigenvalue weighted by Gasteiger charge is 2.21. The maximum atomic E-state index is 9.52. The SMILES string of the molecule is CC1=CC=CCC1(C)O.Oc1ccccc1. The molecule has 2 rings (SSSR count). The normalized spacial score (nSPS) is 23.1. The Labute approximate surface area is 96.6 Å². The van der Waals surface area contributed by atoms with Crippen LogP contribution in [-0.4, -0.2) is 15.8 Å². The average Bonchev–Trinajstić information content (AvgIpc) is 2.24. The number of allylic oxidation sites excluding steroid dienone is 2. The van der Waals surface area contributed by atoms with Crippen molar-refractivity contribution in [2.75, 3.05) is 0 Å². The van der Waals surface area contributed by atoms with E-state index in [1.165, 1.54) is 0 Å². The maximum Gasteiger partial charge on any atom is 0.115 e. The van der Waals surface area contributed by atoms with Crippen molar-refractivity contribution < 1.29 is 10.2 Å². The van der Waals surface area contributed by atoms with Crippen molar-refractivity contribution in [1.29, 1.82) is 0 Å². The quantitative estimate of drug-likeness (QED) is 0.702. The lowest BCUT2D eigenvalue weighted by Gasteiger charge is -2.24. The van der Waals surface area contributed by atoms with Gasteiger partial charge in [-0.25, -0.2) is 0 Å². The molecule has 86 valence electrons. The summed E-state index contributed by atoms with van der Waals surface area (Å²) in [5.74, 6) is 0.322. The lowest BCUT2D eigenvalue weighted by molar-refractivity contribution is 0.101. The van der Waals surface area contributed by atoms with Crippen molar-refractivity contribution >= 4 is 0 Å². The van der Waals surface area contributed by atoms with E-state index in [-0.39, 0.29) is 0 Å². The highest BCUT2D eigenvalue weighted by Crippen LogP contribution is 2.23. The van der Waals surface area contributed by atoms with Crippen LogP contribution < -0.4 is 0 Å². The van der Waals surface area contributed by atoms with Gasteiger partial charge in [0.15, 0.2) is 0 Å². The van der Waals surface area contributed by atoms with Gasteiger partial charge >= 0.3 is 0 Å². The highest BCUT2D eigenvalue weighted by molar-refractivity contribution is 5.25. The van der Waals surface area contributed by atoms with Gasteiger partial charge in [0.1, 0.15) is 5.75 Å². The Bertz CT molecular complexity index is 375. The van der Waals surface area contributed by atoms with Crippen molar-refractivity contribution in [3.63, 3.8) is 0 Å². The van der Waals surface area contributed by atoms with Crippen LogP contribution in [0.25, 0.3) is 0 Å². The molecule has 1 aromatic rings. The minimum atomic E-state index is -0.589. The summed E-state index contributed by atoms with van der Waals surface area (Å²) in [6.45, 7) is 3.78. The zero-order valence-electron chi connectivity index (χ0n) is 9.72. The van der Waals surface area contributed by atoms with Gasteiger partial charge in [0.25, 0.3) is 0 Å². The molecule has 2 heteroatoms. The van der Waals surface area contributed by atoms with Crippen LogP contribution in [0.5, 0.6) is 5.75 Å². The fraction of sp³-hybridized carbons (Fsp3) is 0.286. The minimum absolute atomic E-state index is 0.322. The van der Waals surface area contributed by atoms with Crippen LogP contribution >= 0.6 is 0 Å². The van der Waals surface area contributed by atoms with Gasteiger partial charge < -0.3 is 10.2 Å². The number of hydrogen-bond donors (Lipinski definition) is 2. The van der Waals surface area contributed by atoms with Crippen LogP contribution in [0.15, 0.2) is 54.1 Å². The number of para-hydroxylation sites is 1. The Kier molecular flexibility index (Phi) is 4.32. The summed E-state index contributed by atoms with van der Waals surface area (Å²) in [7, 11) is 0. The van der Waals surface area contributed by atoms with Crippen molar-refractivity contribution in [2.24, 2.45) is 0 Å². The van der Waals surface area contributed by atoms with Crippen molar-refractivity contribution in [3.05, 3.63) is 54.1 Å². The first-order valence-electron chi connectivity index (χ1n) is 5.33. The molecule has 0 bridgehead atoms. The molecule has 0 amide bonds. The summed E-state index contributed by atoms with van der Waals surface area (Å²) in [5.41, 5.74) is 0.458. The molecular formula is C14H18O2. The number of aromatic hydroxyl groups is 1. The number of aliphatic hydroxyl groups is 1. The summed E-state index contributed by atoms with van der Waals surface area (Å²) >= 11 is 0. The van der Waals surface area contributed by atoms with Gasteiger partial charge in [-0.15, -0.1) is 0 Å². The van der Waals surface area contributed by atoms with E-state index in [9.17, 15) is 5.11 Å². The Hall–Kier alpha value is -1.54. The molecule has 0 saturated carbocycles. The summed E-state index contributed by atoms with van der Waals surface area (Å²) in [6.07, 6.45) is 6.65. The molecule has 0 saturated heterocycles. The summed E-state index contributed by atoms with van der Waals surface area (Å²) in [6, 6.07) is 8.71. The van der Waals surface area contributed by atoms with Crippen LogP contribution in [0.4, 0.5) is 0 Å². The fourth-order valence-corrected chi connectivity index (χ4v) is 1.28. The molecule has 1 atom stereocenters. The van der Waals surface area contributed by atoms with Crippen LogP contribution in [0.2, 0.25) is 0 Å². The van der Waals surface area contributed by atoms with E-state index in [0.717, 1.165) is 12.0 Å². The van der Waals surface area contributed by atoms with E-state index in [1.807, 2.05) is 38.1 Å². The molecule has 0 fully saturated rings. The van der Waals surface area contributed by atoms with Gasteiger partial charge in [-0.05, 0) is 38.0 Å². The van der Waals surface area contributed by atoms with Crippen LogP contribution in [0.1, 0.15) is 20.3 Å². The zero-order valence-corrected chi connectivity index (χ0v) is 9.72. The van der Waals surface area contributed by atoms with Gasteiger partial charge in [0.05, 0.1) is 5.60 Å². The molecule has 2 nitrogen and oxygen atoms in total. The molecule has 16 heavy (non-hydrogen) atoms. The van der Waals surface area contributed by atoms with Gasteiger partial charge in [-0.1, -0.05) is 36.4 Å². The second-order valence-electron chi connectivity index (χ2n) is 4.09. The van der Waals surface area contributed by atoms with E-state index in [0.29, 0.717) is 5.75 Å². The maximum absolute atomic E-state index is 9.52. The highest BCUT2D eigenvalue weighted by atomic mass is 16.3. The first-order valence-corrected chi connectivity index (χ1v) is 5.33. The molecule has 1 aromatic carbocycles. The third-order valence-electron chi connectivity index (χ3n) is 2.60. The van der Waals surface area contributed by atoms with Crippen LogP contribution in [0, 0.1) is 0 Å². The zero-order chi connectivity index (χ0) is 12.0. The van der Waals surface area contributed by atoms with E-state index in [4.69, 9.17) is 5.11 Å². The Morgan fingerprint density at radius 3 is 2.12 bits per heavy atom. The predicted molar refractivity (Wildman–Crippen MR) is 66.2 cm³/mol. The molecule has 0 heterocycles. The number of hydrogen-bond acceptors (Lipinski definition) is 2. The Morgan fingerprint density at radius 1 is 1.19 bits per heavy atom. The van der Waals surface area contributed by atoms with Gasteiger partial charge in [0.2, 0.25) is 0 Å². The first kappa shape index (κ1) is 12.5. The number of phenols is 1. The molecule has 1 unspecified atom stereocenters. The fourth-order valence-electron chi connectivity index (χ4n) is 1.28. The van der Waals surface area contributed by atoms with Crippen LogP contribution in [-0.2, 0) is 0 Å². The van der Waals surface area contributed by atoms with Gasteiger partial charge in [-0.3, -0.25) is 0 Å². The molecule has 0 aliphatic heterocycles. The first-order chi connectivity index (χ1) is 7.52. The predicted octanol–water partition coefficient (Wildman–Crippen LogP) is 3.04. The summed E-state index contributed by atoms with van der Waals surface area (Å²) < 4.78 is 0. The molecule has 1 aliphatic rings. The average molecular weight is 218 g/mol. The van der Waals surface area contributed by atoms with E-state index < -0.39 is 5.60 Å². The number of rotatable bonds is 0. The summed E-state index contributed by atoms with van der Waals surface area (Å²) in [5, 5.41) is 18.2. The van der Waals surface area contributed by atoms with E-state index in [1.54, 1.807) is 24.3 Å². The Balaban J connectivity index is 0.000000165. The molecule has 1 aliphatic carbocycles. The van der Waals surface area contributed by atoms with E-state index >= 15 is 0 Å². The van der Waals surface area contributed by atoms with E-state index in [2.05, 4.69) is 0 Å².